The molecule has 20 heavy (non-hydrogen) atoms. The van der Waals surface area contributed by atoms with Crippen molar-refractivity contribution in [2.24, 2.45) is 17.6 Å². The number of para-hydroxylation sites is 1. The smallest absolute Gasteiger partial charge is 0.126 e. The van der Waals surface area contributed by atoms with Crippen LogP contribution in [0.3, 0.4) is 0 Å². The van der Waals surface area contributed by atoms with E-state index in [4.69, 9.17) is 10.5 Å². The summed E-state index contributed by atoms with van der Waals surface area (Å²) in [5.74, 6) is 2.57. The minimum Gasteiger partial charge on any atom is -0.496 e. The van der Waals surface area contributed by atoms with Gasteiger partial charge in [-0.15, -0.1) is 0 Å². The van der Waals surface area contributed by atoms with E-state index in [0.717, 1.165) is 36.2 Å². The highest BCUT2D eigenvalue weighted by atomic mass is 16.5. The summed E-state index contributed by atoms with van der Waals surface area (Å²) in [5.41, 5.74) is 7.39. The maximum absolute atomic E-state index is 6.25. The molecule has 1 saturated carbocycles. The van der Waals surface area contributed by atoms with E-state index in [-0.39, 0.29) is 0 Å². The van der Waals surface area contributed by atoms with Crippen molar-refractivity contribution in [2.75, 3.05) is 26.7 Å². The number of nitrogens with zero attached hydrogens (tertiary/aromatic N) is 1. The first-order valence-electron chi connectivity index (χ1n) is 7.55. The zero-order valence-electron chi connectivity index (χ0n) is 12.2. The lowest BCUT2D eigenvalue weighted by molar-refractivity contribution is 0.349. The van der Waals surface area contributed by atoms with Crippen molar-refractivity contribution in [2.45, 2.75) is 18.9 Å². The molecule has 1 aromatic carbocycles. The first-order valence-corrected chi connectivity index (χ1v) is 7.55. The molecule has 1 aliphatic heterocycles. The molecule has 108 valence electrons. The summed E-state index contributed by atoms with van der Waals surface area (Å²) in [4.78, 5) is 2.47. The Morgan fingerprint density at radius 1 is 1.30 bits per heavy atom. The van der Waals surface area contributed by atoms with E-state index in [2.05, 4.69) is 23.1 Å². The van der Waals surface area contributed by atoms with Crippen LogP contribution < -0.4 is 10.5 Å². The topological polar surface area (TPSA) is 38.5 Å². The monoisotopic (exact) mass is 272 g/mol. The Bertz CT molecular complexity index is 482. The lowest BCUT2D eigenvalue weighted by atomic mass is 9.99. The Balaban J connectivity index is 1.55. The minimum absolute atomic E-state index is 0.377. The Labute approximate surface area is 121 Å². The third kappa shape index (κ3) is 3.05. The standard InChI is InChI=1S/C17H24N2O/c1-20-17-7-3-2-5-14(17)6-4-10-19-11-15(13-8-9-13)16(18)12-19/h2-7,13,15-16H,8-12,18H2,1H3/b6-4+/t15-,16+/m1/s1. The van der Waals surface area contributed by atoms with Crippen LogP contribution in [-0.2, 0) is 0 Å². The average Bonchev–Trinajstić information content (AvgIpc) is 3.23. The van der Waals surface area contributed by atoms with Gasteiger partial charge in [0.2, 0.25) is 0 Å². The van der Waals surface area contributed by atoms with Gasteiger partial charge < -0.3 is 10.5 Å². The van der Waals surface area contributed by atoms with Crippen LogP contribution in [0, 0.1) is 11.8 Å². The van der Waals surface area contributed by atoms with Gasteiger partial charge in [-0.2, -0.15) is 0 Å². The number of likely N-dealkylation sites (tertiary alicyclic amines) is 1. The molecule has 1 aliphatic carbocycles. The lowest BCUT2D eigenvalue weighted by Gasteiger charge is -2.13. The second kappa shape index (κ2) is 5.98. The molecule has 1 heterocycles. The van der Waals surface area contributed by atoms with E-state index in [1.165, 1.54) is 19.4 Å². The average molecular weight is 272 g/mol. The molecule has 0 amide bonds. The first-order chi connectivity index (χ1) is 9.78. The number of benzene rings is 1. The molecule has 1 aromatic rings. The molecule has 3 heteroatoms. The highest BCUT2D eigenvalue weighted by Gasteiger charge is 2.40. The molecule has 0 radical (unpaired) electrons. The summed E-state index contributed by atoms with van der Waals surface area (Å²) in [5, 5.41) is 0. The second-order valence-electron chi connectivity index (χ2n) is 6.03. The van der Waals surface area contributed by atoms with Gasteiger partial charge in [-0.25, -0.2) is 0 Å². The third-order valence-electron chi connectivity index (χ3n) is 4.52. The summed E-state index contributed by atoms with van der Waals surface area (Å²) >= 11 is 0. The van der Waals surface area contributed by atoms with Crippen LogP contribution in [0.1, 0.15) is 18.4 Å². The van der Waals surface area contributed by atoms with E-state index < -0.39 is 0 Å². The van der Waals surface area contributed by atoms with Crippen LogP contribution in [0.5, 0.6) is 5.75 Å². The fourth-order valence-electron chi connectivity index (χ4n) is 3.25. The fourth-order valence-corrected chi connectivity index (χ4v) is 3.25. The predicted octanol–water partition coefficient (Wildman–Crippen LogP) is 2.38. The highest BCUT2D eigenvalue weighted by Crippen LogP contribution is 2.40. The predicted molar refractivity (Wildman–Crippen MR) is 82.7 cm³/mol. The van der Waals surface area contributed by atoms with Crippen LogP contribution in [-0.4, -0.2) is 37.7 Å². The second-order valence-corrected chi connectivity index (χ2v) is 6.03. The van der Waals surface area contributed by atoms with E-state index in [1.807, 2.05) is 18.2 Å². The molecule has 2 aliphatic rings. The summed E-state index contributed by atoms with van der Waals surface area (Å²) < 4.78 is 5.36. The Kier molecular flexibility index (Phi) is 4.08. The third-order valence-corrected chi connectivity index (χ3v) is 4.52. The number of ether oxygens (including phenoxy) is 1. The molecule has 2 N–H and O–H groups in total. The van der Waals surface area contributed by atoms with Gasteiger partial charge in [0.1, 0.15) is 5.75 Å². The van der Waals surface area contributed by atoms with E-state index in [9.17, 15) is 0 Å². The molecule has 1 saturated heterocycles. The number of methoxy groups -OCH3 is 1. The van der Waals surface area contributed by atoms with Crippen molar-refractivity contribution < 1.29 is 4.74 Å². The number of nitrogens with two attached hydrogens (primary N) is 1. The van der Waals surface area contributed by atoms with Gasteiger partial charge in [0, 0.05) is 31.2 Å². The maximum Gasteiger partial charge on any atom is 0.126 e. The van der Waals surface area contributed by atoms with E-state index >= 15 is 0 Å². The van der Waals surface area contributed by atoms with Crippen LogP contribution in [0.4, 0.5) is 0 Å². The summed E-state index contributed by atoms with van der Waals surface area (Å²) in [6.45, 7) is 3.19. The number of rotatable bonds is 5. The molecule has 3 rings (SSSR count). The normalized spacial score (nSPS) is 27.3. The molecule has 2 atom stereocenters. The largest absolute Gasteiger partial charge is 0.496 e. The molecule has 0 unspecified atom stereocenters. The van der Waals surface area contributed by atoms with E-state index in [1.54, 1.807) is 7.11 Å². The fraction of sp³-hybridized carbons (Fsp3) is 0.529. The lowest BCUT2D eigenvalue weighted by Crippen LogP contribution is -2.30. The van der Waals surface area contributed by atoms with Crippen molar-refractivity contribution in [3.8, 4) is 5.75 Å². The molecular formula is C17H24N2O. The zero-order valence-corrected chi connectivity index (χ0v) is 12.2. The van der Waals surface area contributed by atoms with E-state index in [0.29, 0.717) is 6.04 Å². The van der Waals surface area contributed by atoms with Crippen molar-refractivity contribution in [1.29, 1.82) is 0 Å². The SMILES string of the molecule is COc1ccccc1/C=C/CN1C[C@H](C2CC2)[C@@H](N)C1. The van der Waals surface area contributed by atoms with Crippen LogP contribution in [0.25, 0.3) is 6.08 Å². The van der Waals surface area contributed by atoms with Crippen molar-refractivity contribution in [1.82, 2.24) is 4.90 Å². The molecule has 3 nitrogen and oxygen atoms in total. The maximum atomic E-state index is 6.25. The first kappa shape index (κ1) is 13.7. The number of hydrogen-bond donors (Lipinski definition) is 1. The molecule has 2 fully saturated rings. The van der Waals surface area contributed by atoms with Gasteiger partial charge in [-0.05, 0) is 30.7 Å². The van der Waals surface area contributed by atoms with Crippen molar-refractivity contribution in [3.63, 3.8) is 0 Å². The Morgan fingerprint density at radius 2 is 2.10 bits per heavy atom. The van der Waals surface area contributed by atoms with Crippen LogP contribution in [0.15, 0.2) is 30.3 Å². The quantitative estimate of drug-likeness (QED) is 0.894. The zero-order chi connectivity index (χ0) is 13.9. The molecule has 0 bridgehead atoms. The van der Waals surface area contributed by atoms with Crippen molar-refractivity contribution >= 4 is 6.08 Å². The summed E-state index contributed by atoms with van der Waals surface area (Å²) in [6.07, 6.45) is 7.15. The summed E-state index contributed by atoms with van der Waals surface area (Å²) in [6, 6.07) is 8.49. The van der Waals surface area contributed by atoms with Crippen molar-refractivity contribution in [3.05, 3.63) is 35.9 Å². The van der Waals surface area contributed by atoms with Gasteiger partial charge in [0.05, 0.1) is 7.11 Å². The van der Waals surface area contributed by atoms with Gasteiger partial charge >= 0.3 is 0 Å². The highest BCUT2D eigenvalue weighted by molar-refractivity contribution is 5.57. The summed E-state index contributed by atoms with van der Waals surface area (Å²) in [7, 11) is 1.71. The number of hydrogen-bond acceptors (Lipinski definition) is 3. The van der Waals surface area contributed by atoms with Gasteiger partial charge in [0.15, 0.2) is 0 Å². The molecular weight excluding hydrogens is 248 g/mol. The van der Waals surface area contributed by atoms with Gasteiger partial charge in [0.25, 0.3) is 0 Å². The van der Waals surface area contributed by atoms with Gasteiger partial charge in [-0.3, -0.25) is 4.90 Å². The van der Waals surface area contributed by atoms with Gasteiger partial charge in [-0.1, -0.05) is 30.4 Å². The molecule has 0 aromatic heterocycles. The Morgan fingerprint density at radius 3 is 2.85 bits per heavy atom. The Hall–Kier alpha value is -1.32. The van der Waals surface area contributed by atoms with Crippen LogP contribution >= 0.6 is 0 Å². The minimum atomic E-state index is 0.377. The molecule has 0 spiro atoms. The van der Waals surface area contributed by atoms with Crippen LogP contribution in [0.2, 0.25) is 0 Å².